The predicted octanol–water partition coefficient (Wildman–Crippen LogP) is 1.55. The van der Waals surface area contributed by atoms with Gasteiger partial charge in [-0.2, -0.15) is 5.26 Å². The molecule has 1 unspecified atom stereocenters. The van der Waals surface area contributed by atoms with Gasteiger partial charge in [-0.05, 0) is 32.9 Å². The van der Waals surface area contributed by atoms with E-state index in [2.05, 4.69) is 11.0 Å². The van der Waals surface area contributed by atoms with Gasteiger partial charge in [-0.3, -0.25) is 4.90 Å². The summed E-state index contributed by atoms with van der Waals surface area (Å²) in [5.74, 6) is 0. The maximum Gasteiger partial charge on any atom is 0.116 e. The summed E-state index contributed by atoms with van der Waals surface area (Å²) in [5.41, 5.74) is 0. The number of hydrogen-bond donors (Lipinski definition) is 0. The number of hydrogen-bond acceptors (Lipinski definition) is 2. The van der Waals surface area contributed by atoms with Gasteiger partial charge < -0.3 is 0 Å². The molecule has 0 aromatic rings. The Morgan fingerprint density at radius 3 is 2.55 bits per heavy atom. The zero-order valence-corrected chi connectivity index (χ0v) is 6.95. The van der Waals surface area contributed by atoms with E-state index < -0.39 is 0 Å². The molecule has 60 valence electrons. The molecule has 1 heterocycles. The van der Waals surface area contributed by atoms with E-state index in [0.717, 1.165) is 13.1 Å². The normalized spacial score (nSPS) is 22.2. The minimum Gasteiger partial charge on any atom is -0.285 e. The molecule has 2 heteroatoms. The minimum atomic E-state index is 0.0162. The molecule has 11 heavy (non-hydrogen) atoms. The van der Waals surface area contributed by atoms with Crippen LogP contribution in [-0.4, -0.2) is 24.0 Å². The number of nitriles is 1. The third-order valence-electron chi connectivity index (χ3n) is 2.04. The van der Waals surface area contributed by atoms with E-state index in [-0.39, 0.29) is 6.04 Å². The Kier molecular flexibility index (Phi) is 3.13. The molecule has 0 spiro atoms. The van der Waals surface area contributed by atoms with Crippen LogP contribution in [-0.2, 0) is 0 Å². The minimum absolute atomic E-state index is 0.0162. The highest BCUT2D eigenvalue weighted by Crippen LogP contribution is 2.11. The highest BCUT2D eigenvalue weighted by Gasteiger charge is 2.18. The number of rotatable bonds is 2. The van der Waals surface area contributed by atoms with E-state index >= 15 is 0 Å². The van der Waals surface area contributed by atoms with Gasteiger partial charge in [-0.25, -0.2) is 0 Å². The van der Waals surface area contributed by atoms with Gasteiger partial charge in [0.15, 0.2) is 0 Å². The van der Waals surface area contributed by atoms with Crippen LogP contribution in [0, 0.1) is 11.3 Å². The van der Waals surface area contributed by atoms with E-state index in [1.807, 2.05) is 19.1 Å². The molecule has 1 aliphatic heterocycles. The van der Waals surface area contributed by atoms with Crippen LogP contribution in [0.4, 0.5) is 0 Å². The van der Waals surface area contributed by atoms with Crippen LogP contribution in [0.5, 0.6) is 0 Å². The maximum atomic E-state index is 8.77. The van der Waals surface area contributed by atoms with Crippen molar-refractivity contribution in [2.75, 3.05) is 13.1 Å². The van der Waals surface area contributed by atoms with Crippen LogP contribution < -0.4 is 0 Å². The van der Waals surface area contributed by atoms with Crippen LogP contribution in [0.15, 0.2) is 12.2 Å². The smallest absolute Gasteiger partial charge is 0.116 e. The summed E-state index contributed by atoms with van der Waals surface area (Å²) in [4.78, 5) is 2.22. The van der Waals surface area contributed by atoms with Crippen LogP contribution in [0.25, 0.3) is 0 Å². The topological polar surface area (TPSA) is 27.0 Å². The molecule has 2 nitrogen and oxygen atoms in total. The zero-order valence-electron chi connectivity index (χ0n) is 6.95. The second-order valence-electron chi connectivity index (χ2n) is 2.84. The van der Waals surface area contributed by atoms with Gasteiger partial charge in [0.2, 0.25) is 0 Å². The van der Waals surface area contributed by atoms with Crippen molar-refractivity contribution in [1.82, 2.24) is 4.90 Å². The fraction of sp³-hybridized carbons (Fsp3) is 0.667. The standard InChI is InChI=1S/C9H14N2/c1-2-5-9(8-10)11-6-3-4-7-11/h2,5,9H,3-4,6-7H2,1H3/b5-2+. The van der Waals surface area contributed by atoms with E-state index in [4.69, 9.17) is 5.26 Å². The Bertz CT molecular complexity index is 172. The Hall–Kier alpha value is -0.810. The van der Waals surface area contributed by atoms with Gasteiger partial charge in [0.1, 0.15) is 6.04 Å². The molecule has 0 aliphatic carbocycles. The average Bonchev–Trinajstić information content (AvgIpc) is 2.52. The molecular formula is C9H14N2. The van der Waals surface area contributed by atoms with Gasteiger partial charge in [0, 0.05) is 0 Å². The Labute approximate surface area is 68.1 Å². The lowest BCUT2D eigenvalue weighted by atomic mass is 10.2. The molecule has 1 saturated heterocycles. The molecule has 0 amide bonds. The molecular weight excluding hydrogens is 136 g/mol. The molecule has 0 N–H and O–H groups in total. The molecule has 1 rings (SSSR count). The molecule has 0 radical (unpaired) electrons. The lowest BCUT2D eigenvalue weighted by Crippen LogP contribution is -2.29. The molecule has 1 aliphatic rings. The Morgan fingerprint density at radius 2 is 2.09 bits per heavy atom. The van der Waals surface area contributed by atoms with Crippen molar-refractivity contribution in [3.05, 3.63) is 12.2 Å². The zero-order chi connectivity index (χ0) is 8.10. The molecule has 1 fully saturated rings. The third-order valence-corrected chi connectivity index (χ3v) is 2.04. The summed E-state index contributed by atoms with van der Waals surface area (Å²) >= 11 is 0. The summed E-state index contributed by atoms with van der Waals surface area (Å²) in [5, 5.41) is 8.77. The second kappa shape index (κ2) is 4.15. The first-order valence-corrected chi connectivity index (χ1v) is 4.15. The van der Waals surface area contributed by atoms with Crippen molar-refractivity contribution < 1.29 is 0 Å². The van der Waals surface area contributed by atoms with E-state index in [1.54, 1.807) is 0 Å². The van der Waals surface area contributed by atoms with Gasteiger partial charge in [0.05, 0.1) is 6.07 Å². The lowest BCUT2D eigenvalue weighted by molar-refractivity contribution is 0.328. The van der Waals surface area contributed by atoms with Crippen molar-refractivity contribution >= 4 is 0 Å². The highest BCUT2D eigenvalue weighted by atomic mass is 15.2. The van der Waals surface area contributed by atoms with E-state index in [0.29, 0.717) is 0 Å². The number of allylic oxidation sites excluding steroid dienone is 1. The largest absolute Gasteiger partial charge is 0.285 e. The first-order chi connectivity index (χ1) is 5.38. The first kappa shape index (κ1) is 8.29. The van der Waals surface area contributed by atoms with Crippen molar-refractivity contribution in [3.8, 4) is 6.07 Å². The van der Waals surface area contributed by atoms with Crippen LogP contribution in [0.3, 0.4) is 0 Å². The summed E-state index contributed by atoms with van der Waals surface area (Å²) in [6, 6.07) is 2.30. The van der Waals surface area contributed by atoms with Crippen LogP contribution >= 0.6 is 0 Å². The van der Waals surface area contributed by atoms with Gasteiger partial charge in [-0.15, -0.1) is 0 Å². The fourth-order valence-electron chi connectivity index (χ4n) is 1.45. The third kappa shape index (κ3) is 2.06. The molecule has 0 saturated carbocycles. The first-order valence-electron chi connectivity index (χ1n) is 4.15. The lowest BCUT2D eigenvalue weighted by Gasteiger charge is -2.17. The quantitative estimate of drug-likeness (QED) is 0.558. The highest BCUT2D eigenvalue weighted by molar-refractivity contribution is 5.06. The van der Waals surface area contributed by atoms with Crippen molar-refractivity contribution in [1.29, 1.82) is 5.26 Å². The molecule has 1 atom stereocenters. The van der Waals surface area contributed by atoms with Crippen LogP contribution in [0.1, 0.15) is 19.8 Å². The van der Waals surface area contributed by atoms with Crippen molar-refractivity contribution in [2.24, 2.45) is 0 Å². The van der Waals surface area contributed by atoms with Gasteiger partial charge in [-0.1, -0.05) is 12.2 Å². The van der Waals surface area contributed by atoms with Crippen LogP contribution in [0.2, 0.25) is 0 Å². The van der Waals surface area contributed by atoms with Gasteiger partial charge in [0.25, 0.3) is 0 Å². The summed E-state index contributed by atoms with van der Waals surface area (Å²) in [7, 11) is 0. The second-order valence-corrected chi connectivity index (χ2v) is 2.84. The number of likely N-dealkylation sites (tertiary alicyclic amines) is 1. The summed E-state index contributed by atoms with van der Waals surface area (Å²) in [6.45, 7) is 4.13. The predicted molar refractivity (Wildman–Crippen MR) is 45.0 cm³/mol. The molecule has 0 bridgehead atoms. The maximum absolute atomic E-state index is 8.77. The summed E-state index contributed by atoms with van der Waals surface area (Å²) in [6.07, 6.45) is 6.41. The van der Waals surface area contributed by atoms with E-state index in [1.165, 1.54) is 12.8 Å². The van der Waals surface area contributed by atoms with E-state index in [9.17, 15) is 0 Å². The Morgan fingerprint density at radius 1 is 1.45 bits per heavy atom. The molecule has 0 aromatic heterocycles. The van der Waals surface area contributed by atoms with Gasteiger partial charge >= 0.3 is 0 Å². The summed E-state index contributed by atoms with van der Waals surface area (Å²) < 4.78 is 0. The van der Waals surface area contributed by atoms with Crippen molar-refractivity contribution in [3.63, 3.8) is 0 Å². The van der Waals surface area contributed by atoms with Crippen molar-refractivity contribution in [2.45, 2.75) is 25.8 Å². The Balaban J connectivity index is 2.48. The molecule has 0 aromatic carbocycles. The average molecular weight is 150 g/mol. The fourth-order valence-corrected chi connectivity index (χ4v) is 1.45. The SMILES string of the molecule is C/C=C/C(C#N)N1CCCC1. The number of nitrogens with zero attached hydrogens (tertiary/aromatic N) is 2. The monoisotopic (exact) mass is 150 g/mol.